The van der Waals surface area contributed by atoms with Crippen LogP contribution in [0.5, 0.6) is 0 Å². The summed E-state index contributed by atoms with van der Waals surface area (Å²) in [6, 6.07) is 26.0. The molecule has 0 fully saturated rings. The lowest BCUT2D eigenvalue weighted by atomic mass is 10.1. The summed E-state index contributed by atoms with van der Waals surface area (Å²) in [5, 5.41) is 1.76. The van der Waals surface area contributed by atoms with E-state index in [0.29, 0.717) is 18.7 Å². The van der Waals surface area contributed by atoms with Crippen LogP contribution in [0.2, 0.25) is 0 Å². The first-order valence-corrected chi connectivity index (χ1v) is 13.2. The van der Waals surface area contributed by atoms with Crippen molar-refractivity contribution in [3.05, 3.63) is 103 Å². The number of carbonyl (C=O) groups excluding carboxylic acids is 1. The summed E-state index contributed by atoms with van der Waals surface area (Å²) in [6.45, 7) is 0.617. The Labute approximate surface area is 211 Å². The van der Waals surface area contributed by atoms with Gasteiger partial charge in [0.2, 0.25) is 15.9 Å². The zero-order valence-electron chi connectivity index (χ0n) is 20.2. The number of fused-ring (bicyclic) bond motifs is 1. The van der Waals surface area contributed by atoms with E-state index >= 15 is 0 Å². The average molecular weight is 507 g/mol. The van der Waals surface area contributed by atoms with Crippen molar-refractivity contribution in [1.82, 2.24) is 9.21 Å². The van der Waals surface area contributed by atoms with E-state index in [0.717, 1.165) is 16.3 Å². The maximum atomic E-state index is 13.6. The van der Waals surface area contributed by atoms with Gasteiger partial charge in [-0.1, -0.05) is 60.7 Å². The first-order chi connectivity index (χ1) is 17.5. The van der Waals surface area contributed by atoms with Gasteiger partial charge in [-0.15, -0.1) is 0 Å². The SMILES string of the molecule is COCCN(CC(=O)N(CCc1ccccc1)Cc1ccco1)S(=O)(=O)c1ccc2ccccc2c1. The minimum absolute atomic E-state index is 0.0602. The van der Waals surface area contributed by atoms with E-state index in [9.17, 15) is 13.2 Å². The Morgan fingerprint density at radius 1 is 0.889 bits per heavy atom. The van der Waals surface area contributed by atoms with Crippen LogP contribution in [0.15, 0.2) is 101 Å². The molecule has 1 amide bonds. The second-order valence-corrected chi connectivity index (χ2v) is 10.4. The van der Waals surface area contributed by atoms with Crippen LogP contribution in [0.1, 0.15) is 11.3 Å². The van der Waals surface area contributed by atoms with E-state index < -0.39 is 10.0 Å². The van der Waals surface area contributed by atoms with E-state index in [1.807, 2.05) is 54.6 Å². The molecule has 1 heterocycles. The van der Waals surface area contributed by atoms with Crippen LogP contribution in [0.25, 0.3) is 10.8 Å². The highest BCUT2D eigenvalue weighted by Gasteiger charge is 2.29. The van der Waals surface area contributed by atoms with Crippen LogP contribution in [0.3, 0.4) is 0 Å². The third kappa shape index (κ3) is 6.40. The molecule has 8 heteroatoms. The number of methoxy groups -OCH3 is 1. The van der Waals surface area contributed by atoms with Crippen LogP contribution in [0.4, 0.5) is 0 Å². The molecule has 0 saturated heterocycles. The van der Waals surface area contributed by atoms with Gasteiger partial charge in [0.25, 0.3) is 0 Å². The zero-order chi connectivity index (χ0) is 25.4. The summed E-state index contributed by atoms with van der Waals surface area (Å²) in [5.41, 5.74) is 1.09. The van der Waals surface area contributed by atoms with Gasteiger partial charge in [-0.05, 0) is 47.0 Å². The molecule has 0 radical (unpaired) electrons. The van der Waals surface area contributed by atoms with Gasteiger partial charge >= 0.3 is 0 Å². The summed E-state index contributed by atoms with van der Waals surface area (Å²) in [6.07, 6.45) is 2.20. The first-order valence-electron chi connectivity index (χ1n) is 11.8. The summed E-state index contributed by atoms with van der Waals surface area (Å²) >= 11 is 0. The summed E-state index contributed by atoms with van der Waals surface area (Å²) in [7, 11) is -2.43. The summed E-state index contributed by atoms with van der Waals surface area (Å²) in [5.74, 6) is 0.333. The Kier molecular flexibility index (Phi) is 8.53. The topological polar surface area (TPSA) is 80.1 Å². The molecule has 0 N–H and O–H groups in total. The molecule has 3 aromatic carbocycles. The second-order valence-electron chi connectivity index (χ2n) is 8.47. The van der Waals surface area contributed by atoms with Gasteiger partial charge in [-0.2, -0.15) is 4.31 Å². The Bertz CT molecular complexity index is 1370. The minimum atomic E-state index is -3.94. The summed E-state index contributed by atoms with van der Waals surface area (Å²) < 4.78 is 39.1. The minimum Gasteiger partial charge on any atom is -0.467 e. The molecular formula is C28H30N2O5S. The lowest BCUT2D eigenvalue weighted by Crippen LogP contribution is -2.44. The van der Waals surface area contributed by atoms with Gasteiger partial charge in [0.05, 0.1) is 30.9 Å². The smallest absolute Gasteiger partial charge is 0.243 e. The van der Waals surface area contributed by atoms with Crippen molar-refractivity contribution < 1.29 is 22.4 Å². The molecule has 0 spiro atoms. The van der Waals surface area contributed by atoms with Gasteiger partial charge in [-0.3, -0.25) is 4.79 Å². The standard InChI is InChI=1S/C28H30N2O5S/c1-34-19-17-30(36(32,33)27-14-13-24-10-5-6-11-25(24)20-27)22-28(31)29(21-26-12-7-18-35-26)16-15-23-8-3-2-4-9-23/h2-14,18,20H,15-17,19,21-22H2,1H3. The molecular weight excluding hydrogens is 476 g/mol. The van der Waals surface area contributed by atoms with Crippen molar-refractivity contribution in [2.24, 2.45) is 0 Å². The largest absolute Gasteiger partial charge is 0.467 e. The number of carbonyl (C=O) groups is 1. The van der Waals surface area contributed by atoms with Crippen molar-refractivity contribution in [1.29, 1.82) is 0 Å². The van der Waals surface area contributed by atoms with Gasteiger partial charge in [-0.25, -0.2) is 8.42 Å². The third-order valence-corrected chi connectivity index (χ3v) is 7.85. The van der Waals surface area contributed by atoms with Crippen molar-refractivity contribution in [2.75, 3.05) is 33.4 Å². The maximum Gasteiger partial charge on any atom is 0.243 e. The third-order valence-electron chi connectivity index (χ3n) is 6.01. The fraction of sp³-hybridized carbons (Fsp3) is 0.250. The molecule has 4 rings (SSSR count). The van der Waals surface area contributed by atoms with E-state index in [-0.39, 0.29) is 37.0 Å². The molecule has 188 valence electrons. The lowest BCUT2D eigenvalue weighted by Gasteiger charge is -2.27. The Hall–Kier alpha value is -3.46. The monoisotopic (exact) mass is 506 g/mol. The van der Waals surface area contributed by atoms with Crippen molar-refractivity contribution in [3.63, 3.8) is 0 Å². The predicted octanol–water partition coefficient (Wildman–Crippen LogP) is 4.34. The molecule has 7 nitrogen and oxygen atoms in total. The van der Waals surface area contributed by atoms with Crippen LogP contribution < -0.4 is 0 Å². The van der Waals surface area contributed by atoms with E-state index in [4.69, 9.17) is 9.15 Å². The van der Waals surface area contributed by atoms with E-state index in [1.165, 1.54) is 11.4 Å². The van der Waals surface area contributed by atoms with Gasteiger partial charge in [0, 0.05) is 20.2 Å². The number of amides is 1. The van der Waals surface area contributed by atoms with Crippen molar-refractivity contribution >= 4 is 26.7 Å². The number of hydrogen-bond acceptors (Lipinski definition) is 5. The Balaban J connectivity index is 1.57. The number of ether oxygens (including phenoxy) is 1. The molecule has 0 saturated carbocycles. The fourth-order valence-electron chi connectivity index (χ4n) is 4.00. The second kappa shape index (κ2) is 12.0. The molecule has 1 aromatic heterocycles. The highest BCUT2D eigenvalue weighted by Crippen LogP contribution is 2.22. The molecule has 0 aliphatic heterocycles. The van der Waals surface area contributed by atoms with E-state index in [2.05, 4.69) is 0 Å². The van der Waals surface area contributed by atoms with Crippen LogP contribution in [-0.2, 0) is 32.5 Å². The van der Waals surface area contributed by atoms with E-state index in [1.54, 1.807) is 41.5 Å². The number of benzene rings is 3. The maximum absolute atomic E-state index is 13.6. The first kappa shape index (κ1) is 25.6. The predicted molar refractivity (Wildman–Crippen MR) is 139 cm³/mol. The van der Waals surface area contributed by atoms with Crippen LogP contribution >= 0.6 is 0 Å². The van der Waals surface area contributed by atoms with Gasteiger partial charge in [0.15, 0.2) is 0 Å². The molecule has 0 aliphatic rings. The van der Waals surface area contributed by atoms with Crippen molar-refractivity contribution in [3.8, 4) is 0 Å². The Morgan fingerprint density at radius 3 is 2.36 bits per heavy atom. The highest BCUT2D eigenvalue weighted by molar-refractivity contribution is 7.89. The molecule has 0 unspecified atom stereocenters. The number of nitrogens with zero attached hydrogens (tertiary/aromatic N) is 2. The Morgan fingerprint density at radius 2 is 1.64 bits per heavy atom. The zero-order valence-corrected chi connectivity index (χ0v) is 21.1. The molecule has 36 heavy (non-hydrogen) atoms. The highest BCUT2D eigenvalue weighted by atomic mass is 32.2. The number of hydrogen-bond donors (Lipinski definition) is 0. The summed E-state index contributed by atoms with van der Waals surface area (Å²) in [4.78, 5) is 15.3. The normalized spacial score (nSPS) is 11.7. The van der Waals surface area contributed by atoms with Gasteiger partial charge < -0.3 is 14.1 Å². The number of sulfonamides is 1. The fourth-order valence-corrected chi connectivity index (χ4v) is 5.41. The van der Waals surface area contributed by atoms with Crippen LogP contribution in [0, 0.1) is 0 Å². The molecule has 0 atom stereocenters. The lowest BCUT2D eigenvalue weighted by molar-refractivity contribution is -0.132. The van der Waals surface area contributed by atoms with Crippen molar-refractivity contribution in [2.45, 2.75) is 17.9 Å². The molecule has 0 bridgehead atoms. The quantitative estimate of drug-likeness (QED) is 0.286. The average Bonchev–Trinajstić information content (AvgIpc) is 3.42. The van der Waals surface area contributed by atoms with Gasteiger partial charge in [0.1, 0.15) is 5.76 Å². The number of rotatable bonds is 12. The molecule has 0 aliphatic carbocycles. The van der Waals surface area contributed by atoms with Crippen LogP contribution in [-0.4, -0.2) is 56.9 Å². The number of furan rings is 1. The molecule has 4 aromatic rings.